The molecule has 1 rings (SSSR count). The van der Waals surface area contributed by atoms with Crippen LogP contribution in [0.5, 0.6) is 0 Å². The monoisotopic (exact) mass is 200 g/mol. The first-order valence-electron chi connectivity index (χ1n) is 5.20. The van der Waals surface area contributed by atoms with Gasteiger partial charge in [0.15, 0.2) is 0 Å². The molecule has 84 valence electrons. The summed E-state index contributed by atoms with van der Waals surface area (Å²) in [5, 5.41) is 12.9. The summed E-state index contributed by atoms with van der Waals surface area (Å²) in [7, 11) is 3.98. The molecule has 14 heavy (non-hydrogen) atoms. The molecule has 1 heterocycles. The Kier molecular flexibility index (Phi) is 6.79. The van der Waals surface area contributed by atoms with Gasteiger partial charge >= 0.3 is 0 Å². The zero-order valence-corrected chi connectivity index (χ0v) is 9.71. The number of hydrogen-bond acceptors (Lipinski definition) is 3. The Labute approximate surface area is 87.8 Å². The molecular weight excluding hydrogens is 176 g/mol. The predicted molar refractivity (Wildman–Crippen MR) is 61.5 cm³/mol. The molecule has 1 aliphatic heterocycles. The quantitative estimate of drug-likeness (QED) is 0.649. The molecule has 0 bridgehead atoms. The van der Waals surface area contributed by atoms with Gasteiger partial charge in [-0.05, 0) is 33.9 Å². The normalized spacial score (nSPS) is 20.9. The molecule has 0 atom stereocenters. The summed E-state index contributed by atoms with van der Waals surface area (Å²) < 4.78 is 0. The Morgan fingerprint density at radius 3 is 2.29 bits per heavy atom. The van der Waals surface area contributed by atoms with Gasteiger partial charge in [-0.15, -0.1) is 6.58 Å². The van der Waals surface area contributed by atoms with Crippen molar-refractivity contribution in [2.45, 2.75) is 25.4 Å². The fraction of sp³-hybridized carbons (Fsp3) is 0.818. The number of nitrogens with zero attached hydrogens (tertiary/aromatic N) is 1. The Balaban J connectivity index is 0.000000500. The molecule has 1 fully saturated rings. The van der Waals surface area contributed by atoms with Crippen molar-refractivity contribution in [2.75, 3.05) is 33.7 Å². The first-order valence-corrected chi connectivity index (χ1v) is 5.20. The number of nitrogens with one attached hydrogen (secondary N) is 1. The minimum absolute atomic E-state index is 0.443. The number of hydrogen-bond donors (Lipinski definition) is 2. The third-order valence-electron chi connectivity index (χ3n) is 2.42. The molecule has 0 spiro atoms. The van der Waals surface area contributed by atoms with Crippen LogP contribution in [0.3, 0.4) is 0 Å². The molecule has 0 unspecified atom stereocenters. The molecule has 0 aromatic carbocycles. The molecule has 0 aromatic rings. The second kappa shape index (κ2) is 6.98. The van der Waals surface area contributed by atoms with E-state index in [1.165, 1.54) is 0 Å². The third-order valence-corrected chi connectivity index (χ3v) is 2.42. The average Bonchev–Trinajstić information content (AvgIpc) is 2.13. The number of piperidine rings is 1. The fourth-order valence-corrected chi connectivity index (χ4v) is 1.54. The van der Waals surface area contributed by atoms with Crippen molar-refractivity contribution < 1.29 is 5.11 Å². The maximum Gasteiger partial charge on any atom is 0.0795 e. The van der Waals surface area contributed by atoms with Gasteiger partial charge in [0.25, 0.3) is 0 Å². The second-order valence-electron chi connectivity index (χ2n) is 3.97. The van der Waals surface area contributed by atoms with Crippen LogP contribution in [0.15, 0.2) is 12.7 Å². The lowest BCUT2D eigenvalue weighted by Crippen LogP contribution is -2.48. The minimum Gasteiger partial charge on any atom is -0.388 e. The second-order valence-corrected chi connectivity index (χ2v) is 3.97. The number of allylic oxidation sites excluding steroid dienone is 1. The SMILES string of the molecule is C=CC.CNCC1(O)CCN(C)CC1. The maximum absolute atomic E-state index is 9.90. The minimum atomic E-state index is -0.443. The highest BCUT2D eigenvalue weighted by molar-refractivity contribution is 4.86. The van der Waals surface area contributed by atoms with Gasteiger partial charge in [0.1, 0.15) is 0 Å². The summed E-state index contributed by atoms with van der Waals surface area (Å²) in [5.41, 5.74) is -0.443. The number of likely N-dealkylation sites (tertiary alicyclic amines) is 1. The van der Waals surface area contributed by atoms with Crippen molar-refractivity contribution in [3.63, 3.8) is 0 Å². The van der Waals surface area contributed by atoms with E-state index in [0.717, 1.165) is 32.5 Å². The molecule has 0 aliphatic carbocycles. The van der Waals surface area contributed by atoms with Crippen LogP contribution in [0.4, 0.5) is 0 Å². The number of rotatable bonds is 2. The van der Waals surface area contributed by atoms with E-state index in [2.05, 4.69) is 23.8 Å². The van der Waals surface area contributed by atoms with Crippen LogP contribution in [0.1, 0.15) is 19.8 Å². The van der Waals surface area contributed by atoms with Crippen molar-refractivity contribution in [3.05, 3.63) is 12.7 Å². The van der Waals surface area contributed by atoms with Crippen molar-refractivity contribution in [3.8, 4) is 0 Å². The summed E-state index contributed by atoms with van der Waals surface area (Å²) in [6, 6.07) is 0. The fourth-order valence-electron chi connectivity index (χ4n) is 1.54. The largest absolute Gasteiger partial charge is 0.388 e. The van der Waals surface area contributed by atoms with E-state index in [0.29, 0.717) is 0 Å². The molecule has 2 N–H and O–H groups in total. The average molecular weight is 200 g/mol. The third kappa shape index (κ3) is 5.37. The first-order chi connectivity index (χ1) is 6.58. The molecule has 1 saturated heterocycles. The summed E-state index contributed by atoms with van der Waals surface area (Å²) in [6.45, 7) is 8.00. The summed E-state index contributed by atoms with van der Waals surface area (Å²) in [6.07, 6.45) is 3.54. The van der Waals surface area contributed by atoms with Gasteiger partial charge in [-0.25, -0.2) is 0 Å². The zero-order chi connectivity index (χ0) is 11.0. The topological polar surface area (TPSA) is 35.5 Å². The molecule has 3 heteroatoms. The van der Waals surface area contributed by atoms with Crippen LogP contribution in [0.2, 0.25) is 0 Å². The smallest absolute Gasteiger partial charge is 0.0795 e. The van der Waals surface area contributed by atoms with Gasteiger partial charge in [-0.1, -0.05) is 6.08 Å². The van der Waals surface area contributed by atoms with Gasteiger partial charge in [0, 0.05) is 19.6 Å². The molecule has 0 amide bonds. The standard InChI is InChI=1S/C8H18N2O.C3H6/c1-9-7-8(11)3-5-10(2)6-4-8;1-3-2/h9,11H,3-7H2,1-2H3;3H,1H2,2H3. The van der Waals surface area contributed by atoms with Gasteiger partial charge < -0.3 is 15.3 Å². The lowest BCUT2D eigenvalue weighted by atomic mass is 9.92. The number of likely N-dealkylation sites (N-methyl/N-ethyl adjacent to an activating group) is 1. The molecule has 0 aromatic heterocycles. The van der Waals surface area contributed by atoms with Crippen molar-refractivity contribution in [1.82, 2.24) is 10.2 Å². The summed E-state index contributed by atoms with van der Waals surface area (Å²) in [4.78, 5) is 2.25. The van der Waals surface area contributed by atoms with E-state index in [1.807, 2.05) is 14.0 Å². The Hall–Kier alpha value is -0.380. The van der Waals surface area contributed by atoms with Crippen molar-refractivity contribution in [2.24, 2.45) is 0 Å². The van der Waals surface area contributed by atoms with Crippen LogP contribution in [0.25, 0.3) is 0 Å². The van der Waals surface area contributed by atoms with E-state index in [4.69, 9.17) is 0 Å². The highest BCUT2D eigenvalue weighted by atomic mass is 16.3. The molecular formula is C11H24N2O. The molecule has 1 aliphatic rings. The van der Waals surface area contributed by atoms with Crippen LogP contribution < -0.4 is 5.32 Å². The summed E-state index contributed by atoms with van der Waals surface area (Å²) >= 11 is 0. The highest BCUT2D eigenvalue weighted by Crippen LogP contribution is 2.19. The van der Waals surface area contributed by atoms with Crippen molar-refractivity contribution in [1.29, 1.82) is 0 Å². The van der Waals surface area contributed by atoms with Crippen molar-refractivity contribution >= 4 is 0 Å². The van der Waals surface area contributed by atoms with Crippen LogP contribution in [-0.2, 0) is 0 Å². The highest BCUT2D eigenvalue weighted by Gasteiger charge is 2.29. The Morgan fingerprint density at radius 1 is 1.50 bits per heavy atom. The summed E-state index contributed by atoms with van der Waals surface area (Å²) in [5.74, 6) is 0. The van der Waals surface area contributed by atoms with E-state index in [9.17, 15) is 5.11 Å². The maximum atomic E-state index is 9.90. The molecule has 3 nitrogen and oxygen atoms in total. The lowest BCUT2D eigenvalue weighted by molar-refractivity contribution is -0.0129. The zero-order valence-electron chi connectivity index (χ0n) is 9.71. The lowest BCUT2D eigenvalue weighted by Gasteiger charge is -2.36. The first kappa shape index (κ1) is 13.6. The van der Waals surface area contributed by atoms with E-state index in [1.54, 1.807) is 6.08 Å². The van der Waals surface area contributed by atoms with E-state index in [-0.39, 0.29) is 0 Å². The van der Waals surface area contributed by atoms with E-state index >= 15 is 0 Å². The predicted octanol–water partition coefficient (Wildman–Crippen LogP) is 0.855. The van der Waals surface area contributed by atoms with E-state index < -0.39 is 5.60 Å². The van der Waals surface area contributed by atoms with Gasteiger partial charge in [-0.3, -0.25) is 0 Å². The van der Waals surface area contributed by atoms with Crippen LogP contribution in [-0.4, -0.2) is 49.3 Å². The number of aliphatic hydroxyl groups is 1. The van der Waals surface area contributed by atoms with Gasteiger partial charge in [-0.2, -0.15) is 0 Å². The van der Waals surface area contributed by atoms with Gasteiger partial charge in [0.2, 0.25) is 0 Å². The van der Waals surface area contributed by atoms with Crippen LogP contribution >= 0.6 is 0 Å². The Morgan fingerprint density at radius 2 is 1.93 bits per heavy atom. The Bertz CT molecular complexity index is 151. The molecule has 0 radical (unpaired) electrons. The van der Waals surface area contributed by atoms with Crippen LogP contribution in [0, 0.1) is 0 Å². The molecule has 0 saturated carbocycles. The van der Waals surface area contributed by atoms with Gasteiger partial charge in [0.05, 0.1) is 5.60 Å².